The molecule has 0 unspecified atom stereocenters. The Hall–Kier alpha value is -1.30. The largest absolute Gasteiger partial charge is 0.487 e. The van der Waals surface area contributed by atoms with E-state index in [-0.39, 0.29) is 11.4 Å². The molecule has 0 radical (unpaired) electrons. The maximum Gasteiger partial charge on any atom is 0.311 e. The van der Waals surface area contributed by atoms with Crippen molar-refractivity contribution in [2.24, 2.45) is 0 Å². The second-order valence-electron chi connectivity index (χ2n) is 3.06. The molecule has 0 heterocycles. The van der Waals surface area contributed by atoms with Gasteiger partial charge in [0.05, 0.1) is 11.5 Å². The summed E-state index contributed by atoms with van der Waals surface area (Å²) in [6.07, 6.45) is 2.74. The van der Waals surface area contributed by atoms with Crippen LogP contribution in [0.3, 0.4) is 0 Å². The van der Waals surface area contributed by atoms with Crippen LogP contribution in [0.15, 0.2) is 18.2 Å². The van der Waals surface area contributed by atoms with Crippen LogP contribution < -0.4 is 4.74 Å². The van der Waals surface area contributed by atoms with Gasteiger partial charge in [0.1, 0.15) is 5.82 Å². The number of thioether (sulfide) groups is 1. The lowest BCUT2D eigenvalue weighted by Crippen LogP contribution is -2.02. The Bertz CT molecular complexity index is 373. The molecule has 0 amide bonds. The molecule has 0 fully saturated rings. The molecule has 0 saturated heterocycles. The molecular weight excluding hydrogens is 233 g/mol. The van der Waals surface area contributed by atoms with Crippen LogP contribution in [0.25, 0.3) is 0 Å². The first-order valence-corrected chi connectivity index (χ1v) is 6.10. The minimum absolute atomic E-state index is 0.00824. The molecule has 6 heteroatoms. The number of nitro benzene ring substituents is 1. The maximum absolute atomic E-state index is 12.9. The van der Waals surface area contributed by atoms with Gasteiger partial charge in [-0.05, 0) is 24.5 Å². The summed E-state index contributed by atoms with van der Waals surface area (Å²) in [6, 6.07) is 3.20. The number of hydrogen-bond donors (Lipinski definition) is 0. The smallest absolute Gasteiger partial charge is 0.311 e. The van der Waals surface area contributed by atoms with Crippen molar-refractivity contribution in [2.75, 3.05) is 18.6 Å². The van der Waals surface area contributed by atoms with E-state index >= 15 is 0 Å². The fraction of sp³-hybridized carbons (Fsp3) is 0.400. The fourth-order valence-corrected chi connectivity index (χ4v) is 1.55. The van der Waals surface area contributed by atoms with Crippen LogP contribution >= 0.6 is 11.8 Å². The summed E-state index contributed by atoms with van der Waals surface area (Å²) < 4.78 is 18.1. The van der Waals surface area contributed by atoms with Crippen molar-refractivity contribution in [2.45, 2.75) is 6.42 Å². The van der Waals surface area contributed by atoms with Gasteiger partial charge in [-0.15, -0.1) is 0 Å². The summed E-state index contributed by atoms with van der Waals surface area (Å²) in [7, 11) is 0. The summed E-state index contributed by atoms with van der Waals surface area (Å²) in [5.74, 6) is 0.361. The molecule has 16 heavy (non-hydrogen) atoms. The van der Waals surface area contributed by atoms with Crippen molar-refractivity contribution in [3.63, 3.8) is 0 Å². The standard InChI is InChI=1S/C10H12FNO3S/c1-16-6-2-5-15-10-7-8(11)3-4-9(10)12(13)14/h3-4,7H,2,5-6H2,1H3. The molecule has 1 aromatic carbocycles. The summed E-state index contributed by atoms with van der Waals surface area (Å²) >= 11 is 1.66. The van der Waals surface area contributed by atoms with E-state index < -0.39 is 10.7 Å². The molecule has 0 bridgehead atoms. The third kappa shape index (κ3) is 3.69. The molecule has 1 rings (SSSR count). The second-order valence-corrected chi connectivity index (χ2v) is 4.05. The molecular formula is C10H12FNO3S. The van der Waals surface area contributed by atoms with Gasteiger partial charge in [0.15, 0.2) is 5.75 Å². The minimum atomic E-state index is -0.580. The maximum atomic E-state index is 12.9. The quantitative estimate of drug-likeness (QED) is 0.439. The zero-order valence-corrected chi connectivity index (χ0v) is 9.63. The van der Waals surface area contributed by atoms with Crippen molar-refractivity contribution in [3.05, 3.63) is 34.1 Å². The van der Waals surface area contributed by atoms with Gasteiger partial charge < -0.3 is 4.74 Å². The second kappa shape index (κ2) is 6.32. The molecule has 4 nitrogen and oxygen atoms in total. The Balaban J connectivity index is 2.68. The molecule has 0 aromatic heterocycles. The van der Waals surface area contributed by atoms with E-state index in [9.17, 15) is 14.5 Å². The van der Waals surface area contributed by atoms with Gasteiger partial charge in [0, 0.05) is 12.1 Å². The fourth-order valence-electron chi connectivity index (χ4n) is 1.14. The molecule has 0 N–H and O–H groups in total. The molecule has 1 aromatic rings. The van der Waals surface area contributed by atoms with Gasteiger partial charge >= 0.3 is 5.69 Å². The molecule has 0 aliphatic rings. The zero-order valence-electron chi connectivity index (χ0n) is 8.81. The third-order valence-corrected chi connectivity index (χ3v) is 2.57. The number of hydrogen-bond acceptors (Lipinski definition) is 4. The van der Waals surface area contributed by atoms with Gasteiger partial charge in [-0.2, -0.15) is 11.8 Å². The number of rotatable bonds is 6. The van der Waals surface area contributed by atoms with Gasteiger partial charge in [-0.25, -0.2) is 4.39 Å². The minimum Gasteiger partial charge on any atom is -0.487 e. The molecule has 0 aliphatic carbocycles. The molecule has 0 atom stereocenters. The lowest BCUT2D eigenvalue weighted by Gasteiger charge is -2.05. The summed E-state index contributed by atoms with van der Waals surface area (Å²) in [5.41, 5.74) is -0.203. The average Bonchev–Trinajstić information content (AvgIpc) is 2.24. The number of benzene rings is 1. The van der Waals surface area contributed by atoms with E-state index in [0.717, 1.165) is 30.4 Å². The highest BCUT2D eigenvalue weighted by molar-refractivity contribution is 7.98. The Kier molecular flexibility index (Phi) is 5.04. The van der Waals surface area contributed by atoms with Crippen molar-refractivity contribution in [3.8, 4) is 5.75 Å². The van der Waals surface area contributed by atoms with Crippen molar-refractivity contribution in [1.82, 2.24) is 0 Å². The van der Waals surface area contributed by atoms with Crippen molar-refractivity contribution >= 4 is 17.4 Å². The lowest BCUT2D eigenvalue weighted by molar-refractivity contribution is -0.385. The topological polar surface area (TPSA) is 52.4 Å². The normalized spacial score (nSPS) is 10.1. The highest BCUT2D eigenvalue weighted by atomic mass is 32.2. The van der Waals surface area contributed by atoms with Crippen molar-refractivity contribution in [1.29, 1.82) is 0 Å². The molecule has 0 saturated carbocycles. The predicted octanol–water partition coefficient (Wildman–Crippen LogP) is 2.87. The van der Waals surface area contributed by atoms with E-state index in [2.05, 4.69) is 0 Å². The summed E-state index contributed by atoms with van der Waals surface area (Å²) in [6.45, 7) is 0.352. The van der Waals surface area contributed by atoms with Crippen LogP contribution in [-0.2, 0) is 0 Å². The first-order chi connectivity index (χ1) is 7.65. The summed E-state index contributed by atoms with van der Waals surface area (Å²) in [4.78, 5) is 10.0. The number of nitrogens with zero attached hydrogens (tertiary/aromatic N) is 1. The Labute approximate surface area is 96.9 Å². The van der Waals surface area contributed by atoms with E-state index in [4.69, 9.17) is 4.74 Å². The predicted molar refractivity (Wildman–Crippen MR) is 61.5 cm³/mol. The zero-order chi connectivity index (χ0) is 12.0. The van der Waals surface area contributed by atoms with Gasteiger partial charge in [-0.1, -0.05) is 0 Å². The SMILES string of the molecule is CSCCCOc1cc(F)ccc1[N+](=O)[O-]. The first kappa shape index (κ1) is 12.8. The monoisotopic (exact) mass is 245 g/mol. The number of ether oxygens (including phenoxy) is 1. The molecule has 88 valence electrons. The Morgan fingerprint density at radius 3 is 2.94 bits per heavy atom. The Morgan fingerprint density at radius 1 is 1.56 bits per heavy atom. The van der Waals surface area contributed by atoms with E-state index in [0.29, 0.717) is 6.61 Å². The average molecular weight is 245 g/mol. The highest BCUT2D eigenvalue weighted by Crippen LogP contribution is 2.27. The summed E-state index contributed by atoms with van der Waals surface area (Å²) in [5, 5.41) is 10.6. The Morgan fingerprint density at radius 2 is 2.31 bits per heavy atom. The van der Waals surface area contributed by atoms with E-state index in [1.807, 2.05) is 6.26 Å². The molecule has 0 aliphatic heterocycles. The van der Waals surface area contributed by atoms with Crippen molar-refractivity contribution < 1.29 is 14.1 Å². The van der Waals surface area contributed by atoms with Gasteiger partial charge in [-0.3, -0.25) is 10.1 Å². The first-order valence-electron chi connectivity index (χ1n) is 4.71. The van der Waals surface area contributed by atoms with Crippen LogP contribution in [0.2, 0.25) is 0 Å². The number of halogens is 1. The lowest BCUT2D eigenvalue weighted by atomic mass is 10.3. The van der Waals surface area contributed by atoms with Crippen LogP contribution in [0, 0.1) is 15.9 Å². The number of nitro groups is 1. The van der Waals surface area contributed by atoms with E-state index in [1.54, 1.807) is 11.8 Å². The van der Waals surface area contributed by atoms with Crippen LogP contribution in [0.5, 0.6) is 5.75 Å². The van der Waals surface area contributed by atoms with Crippen LogP contribution in [-0.4, -0.2) is 23.5 Å². The van der Waals surface area contributed by atoms with Crippen LogP contribution in [0.4, 0.5) is 10.1 Å². The van der Waals surface area contributed by atoms with Crippen LogP contribution in [0.1, 0.15) is 6.42 Å². The third-order valence-electron chi connectivity index (χ3n) is 1.87. The van der Waals surface area contributed by atoms with Gasteiger partial charge in [0.25, 0.3) is 0 Å². The molecule has 0 spiro atoms. The van der Waals surface area contributed by atoms with E-state index in [1.165, 1.54) is 0 Å². The van der Waals surface area contributed by atoms with Gasteiger partial charge in [0.2, 0.25) is 0 Å². The highest BCUT2D eigenvalue weighted by Gasteiger charge is 2.15.